The van der Waals surface area contributed by atoms with E-state index in [0.717, 1.165) is 5.56 Å². The summed E-state index contributed by atoms with van der Waals surface area (Å²) in [6, 6.07) is 7.94. The lowest BCUT2D eigenvalue weighted by Gasteiger charge is -2.05. The molecule has 0 aliphatic rings. The van der Waals surface area contributed by atoms with Crippen molar-refractivity contribution in [1.29, 1.82) is 0 Å². The second-order valence-electron chi connectivity index (χ2n) is 4.42. The second kappa shape index (κ2) is 6.86. The van der Waals surface area contributed by atoms with E-state index in [1.807, 2.05) is 45.0 Å². The molecule has 1 amide bonds. The molecule has 0 fully saturated rings. The number of benzene rings is 1. The largest absolute Gasteiger partial charge is 0.273 e. The van der Waals surface area contributed by atoms with Crippen molar-refractivity contribution < 1.29 is 9.63 Å². The first kappa shape index (κ1) is 13.5. The van der Waals surface area contributed by atoms with Crippen molar-refractivity contribution in [2.45, 2.75) is 20.8 Å². The summed E-state index contributed by atoms with van der Waals surface area (Å²) >= 11 is 0. The molecule has 0 aliphatic carbocycles. The van der Waals surface area contributed by atoms with E-state index >= 15 is 0 Å². The van der Waals surface area contributed by atoms with Gasteiger partial charge in [0.2, 0.25) is 0 Å². The lowest BCUT2D eigenvalue weighted by Crippen LogP contribution is -2.23. The van der Waals surface area contributed by atoms with Crippen LogP contribution in [0.5, 0.6) is 0 Å². The van der Waals surface area contributed by atoms with E-state index in [9.17, 15) is 4.79 Å². The van der Waals surface area contributed by atoms with Gasteiger partial charge in [-0.15, -0.1) is 0 Å². The fraction of sp³-hybridized carbons (Fsp3) is 0.357. The minimum atomic E-state index is -0.243. The minimum Gasteiger partial charge on any atom is -0.273 e. The van der Waals surface area contributed by atoms with Crippen LogP contribution < -0.4 is 5.48 Å². The van der Waals surface area contributed by atoms with Gasteiger partial charge >= 0.3 is 0 Å². The van der Waals surface area contributed by atoms with Crippen LogP contribution in [0, 0.1) is 12.8 Å². The van der Waals surface area contributed by atoms with Gasteiger partial charge in [0.25, 0.3) is 5.91 Å². The van der Waals surface area contributed by atoms with Crippen molar-refractivity contribution in [3.63, 3.8) is 0 Å². The molecule has 0 aliphatic heterocycles. The number of amides is 1. The first-order chi connectivity index (χ1) is 8.08. The van der Waals surface area contributed by atoms with Gasteiger partial charge in [-0.05, 0) is 24.5 Å². The normalized spacial score (nSPS) is 11.1. The minimum absolute atomic E-state index is 0.243. The van der Waals surface area contributed by atoms with Crippen molar-refractivity contribution in [2.75, 3.05) is 6.61 Å². The van der Waals surface area contributed by atoms with E-state index in [4.69, 9.17) is 4.84 Å². The third-order valence-corrected chi connectivity index (χ3v) is 2.06. The van der Waals surface area contributed by atoms with Gasteiger partial charge in [-0.3, -0.25) is 9.63 Å². The maximum absolute atomic E-state index is 11.4. The number of carbonyl (C=O) groups is 1. The summed E-state index contributed by atoms with van der Waals surface area (Å²) in [5.74, 6) is 0.156. The van der Waals surface area contributed by atoms with Crippen LogP contribution in [0.25, 0.3) is 6.08 Å². The zero-order valence-electron chi connectivity index (χ0n) is 10.6. The Hall–Kier alpha value is -1.61. The summed E-state index contributed by atoms with van der Waals surface area (Å²) in [6.45, 7) is 6.58. The van der Waals surface area contributed by atoms with Crippen molar-refractivity contribution in [3.05, 3.63) is 41.5 Å². The molecule has 0 atom stereocenters. The molecule has 92 valence electrons. The highest BCUT2D eigenvalue weighted by Gasteiger charge is 1.97. The van der Waals surface area contributed by atoms with Crippen LogP contribution >= 0.6 is 0 Å². The number of hydrogen-bond acceptors (Lipinski definition) is 2. The number of aryl methyl sites for hydroxylation is 1. The molecule has 3 nitrogen and oxygen atoms in total. The smallest absolute Gasteiger partial charge is 0.267 e. The van der Waals surface area contributed by atoms with Crippen molar-refractivity contribution >= 4 is 12.0 Å². The van der Waals surface area contributed by atoms with E-state index in [0.29, 0.717) is 12.5 Å². The molecule has 0 radical (unpaired) electrons. The Bertz CT molecular complexity index is 397. The molecule has 0 heterocycles. The highest BCUT2D eigenvalue weighted by molar-refractivity contribution is 5.90. The Labute approximate surface area is 102 Å². The van der Waals surface area contributed by atoms with E-state index in [-0.39, 0.29) is 5.91 Å². The predicted octanol–water partition coefficient (Wildman–Crippen LogP) is 2.71. The summed E-state index contributed by atoms with van der Waals surface area (Å²) in [5, 5.41) is 0. The first-order valence-corrected chi connectivity index (χ1v) is 5.74. The first-order valence-electron chi connectivity index (χ1n) is 5.74. The molecular weight excluding hydrogens is 214 g/mol. The van der Waals surface area contributed by atoms with Crippen molar-refractivity contribution in [1.82, 2.24) is 5.48 Å². The molecule has 0 saturated carbocycles. The van der Waals surface area contributed by atoms with E-state index < -0.39 is 0 Å². The molecule has 1 N–H and O–H groups in total. The highest BCUT2D eigenvalue weighted by Crippen LogP contribution is 2.05. The Morgan fingerprint density at radius 3 is 2.88 bits per heavy atom. The molecule has 1 aromatic carbocycles. The van der Waals surface area contributed by atoms with Crippen molar-refractivity contribution in [2.24, 2.45) is 5.92 Å². The van der Waals surface area contributed by atoms with Gasteiger partial charge < -0.3 is 0 Å². The van der Waals surface area contributed by atoms with Crippen molar-refractivity contribution in [3.8, 4) is 0 Å². The molecule has 1 aromatic rings. The van der Waals surface area contributed by atoms with E-state index in [1.165, 1.54) is 11.6 Å². The van der Waals surface area contributed by atoms with E-state index in [2.05, 4.69) is 5.48 Å². The van der Waals surface area contributed by atoms with Crippen LogP contribution in [-0.2, 0) is 9.63 Å². The van der Waals surface area contributed by atoms with Gasteiger partial charge in [0.15, 0.2) is 0 Å². The Morgan fingerprint density at radius 1 is 1.47 bits per heavy atom. The summed E-state index contributed by atoms with van der Waals surface area (Å²) in [7, 11) is 0. The molecule has 3 heteroatoms. The third kappa shape index (κ3) is 5.88. The number of carbonyl (C=O) groups excluding carboxylic acids is 1. The number of hydrogen-bond donors (Lipinski definition) is 1. The molecule has 1 rings (SSSR count). The molecule has 0 unspecified atom stereocenters. The summed E-state index contributed by atoms with van der Waals surface area (Å²) in [5.41, 5.74) is 4.55. The Balaban J connectivity index is 2.40. The van der Waals surface area contributed by atoms with Gasteiger partial charge in [-0.2, -0.15) is 0 Å². The molecule has 0 saturated heterocycles. The monoisotopic (exact) mass is 233 g/mol. The molecule has 0 bridgehead atoms. The quantitative estimate of drug-likeness (QED) is 0.627. The fourth-order valence-corrected chi connectivity index (χ4v) is 1.26. The Kier molecular flexibility index (Phi) is 5.43. The maximum atomic E-state index is 11.4. The lowest BCUT2D eigenvalue weighted by molar-refractivity contribution is -0.129. The summed E-state index contributed by atoms with van der Waals surface area (Å²) in [6.07, 6.45) is 3.23. The van der Waals surface area contributed by atoms with Crippen LogP contribution in [0.4, 0.5) is 0 Å². The molecule has 0 spiro atoms. The van der Waals surface area contributed by atoms with Crippen LogP contribution in [0.3, 0.4) is 0 Å². The van der Waals surface area contributed by atoms with Gasteiger partial charge in [0, 0.05) is 6.08 Å². The molecule has 17 heavy (non-hydrogen) atoms. The van der Waals surface area contributed by atoms with Crippen LogP contribution in [0.1, 0.15) is 25.0 Å². The van der Waals surface area contributed by atoms with Crippen LogP contribution in [0.2, 0.25) is 0 Å². The van der Waals surface area contributed by atoms with Gasteiger partial charge in [-0.1, -0.05) is 43.7 Å². The molecular formula is C14H19NO2. The zero-order valence-corrected chi connectivity index (χ0v) is 10.6. The third-order valence-electron chi connectivity index (χ3n) is 2.06. The highest BCUT2D eigenvalue weighted by atomic mass is 16.6. The lowest BCUT2D eigenvalue weighted by atomic mass is 10.1. The van der Waals surface area contributed by atoms with Gasteiger partial charge in [0.05, 0.1) is 6.61 Å². The topological polar surface area (TPSA) is 38.3 Å². The summed E-state index contributed by atoms with van der Waals surface area (Å²) < 4.78 is 0. The second-order valence-corrected chi connectivity index (χ2v) is 4.42. The number of hydroxylamine groups is 1. The Morgan fingerprint density at radius 2 is 2.24 bits per heavy atom. The fourth-order valence-electron chi connectivity index (χ4n) is 1.26. The number of rotatable bonds is 5. The number of nitrogens with one attached hydrogen (secondary N) is 1. The van der Waals surface area contributed by atoms with Gasteiger partial charge in [-0.25, -0.2) is 5.48 Å². The van der Waals surface area contributed by atoms with Gasteiger partial charge in [0.1, 0.15) is 0 Å². The predicted molar refractivity (Wildman–Crippen MR) is 69.1 cm³/mol. The zero-order chi connectivity index (χ0) is 12.7. The van der Waals surface area contributed by atoms with Crippen LogP contribution in [0.15, 0.2) is 30.3 Å². The molecule has 0 aromatic heterocycles. The maximum Gasteiger partial charge on any atom is 0.267 e. The van der Waals surface area contributed by atoms with Crippen LogP contribution in [-0.4, -0.2) is 12.5 Å². The average molecular weight is 233 g/mol. The van der Waals surface area contributed by atoms with E-state index in [1.54, 1.807) is 6.08 Å². The standard InChI is InChI=1S/C14H19NO2/c1-11(2)10-17-15-14(16)8-7-13-6-4-5-12(3)9-13/h4-9,11H,10H2,1-3H3,(H,15,16)/b8-7+. The average Bonchev–Trinajstić information content (AvgIpc) is 2.26. The SMILES string of the molecule is Cc1cccc(/C=C/C(=O)NOCC(C)C)c1. The summed E-state index contributed by atoms with van der Waals surface area (Å²) in [4.78, 5) is 16.4.